The molecular formula is C14H21NO2. The van der Waals surface area contributed by atoms with E-state index in [0.717, 1.165) is 24.2 Å². The maximum absolute atomic E-state index is 5.52. The van der Waals surface area contributed by atoms with Crippen molar-refractivity contribution < 1.29 is 9.47 Å². The summed E-state index contributed by atoms with van der Waals surface area (Å²) in [5.74, 6) is 0.870. The largest absolute Gasteiger partial charge is 0.497 e. The fourth-order valence-electron chi connectivity index (χ4n) is 1.67. The van der Waals surface area contributed by atoms with Crippen molar-refractivity contribution in [2.45, 2.75) is 12.8 Å². The summed E-state index contributed by atoms with van der Waals surface area (Å²) < 4.78 is 10.4. The summed E-state index contributed by atoms with van der Waals surface area (Å²) in [6.45, 7) is 1.36. The Morgan fingerprint density at radius 2 is 2.18 bits per heavy atom. The molecule has 3 heteroatoms. The van der Waals surface area contributed by atoms with Gasteiger partial charge >= 0.3 is 0 Å². The van der Waals surface area contributed by atoms with E-state index in [9.17, 15) is 0 Å². The van der Waals surface area contributed by atoms with Gasteiger partial charge in [-0.25, -0.2) is 0 Å². The maximum Gasteiger partial charge on any atom is 0.119 e. The van der Waals surface area contributed by atoms with Crippen molar-refractivity contribution in [1.29, 1.82) is 0 Å². The number of nitrogens with two attached hydrogens (primary N) is 1. The fraction of sp³-hybridized carbons (Fsp3) is 0.429. The molecule has 94 valence electrons. The molecule has 0 aliphatic carbocycles. The van der Waals surface area contributed by atoms with E-state index < -0.39 is 0 Å². The second-order valence-electron chi connectivity index (χ2n) is 3.90. The number of benzene rings is 1. The zero-order valence-electron chi connectivity index (χ0n) is 10.6. The normalized spacial score (nSPS) is 11.6. The lowest BCUT2D eigenvalue weighted by Crippen LogP contribution is -2.01. The lowest BCUT2D eigenvalue weighted by atomic mass is 10.1. The Hall–Kier alpha value is -1.32. The van der Waals surface area contributed by atoms with Crippen molar-refractivity contribution in [3.63, 3.8) is 0 Å². The number of hydrogen-bond acceptors (Lipinski definition) is 3. The van der Waals surface area contributed by atoms with Crippen LogP contribution in [-0.2, 0) is 4.74 Å². The summed E-state index contributed by atoms with van der Waals surface area (Å²) in [5, 5.41) is 0. The van der Waals surface area contributed by atoms with E-state index in [4.69, 9.17) is 15.2 Å². The first-order valence-electron chi connectivity index (χ1n) is 5.82. The van der Waals surface area contributed by atoms with Gasteiger partial charge in [-0.05, 0) is 42.7 Å². The van der Waals surface area contributed by atoms with E-state index in [1.807, 2.05) is 18.2 Å². The minimum atomic E-state index is 0.650. The van der Waals surface area contributed by atoms with Gasteiger partial charge in [0.2, 0.25) is 0 Å². The van der Waals surface area contributed by atoms with Crippen LogP contribution in [0, 0.1) is 0 Å². The second-order valence-corrected chi connectivity index (χ2v) is 3.90. The SMILES string of the molecule is COC/C(=C/c1cccc(OC)c1)CCCN. The average molecular weight is 235 g/mol. The first-order valence-corrected chi connectivity index (χ1v) is 5.82. The van der Waals surface area contributed by atoms with Gasteiger partial charge in [-0.15, -0.1) is 0 Å². The van der Waals surface area contributed by atoms with E-state index in [2.05, 4.69) is 12.1 Å². The minimum absolute atomic E-state index is 0.650. The van der Waals surface area contributed by atoms with Crippen LogP contribution in [0.15, 0.2) is 29.8 Å². The van der Waals surface area contributed by atoms with Crippen LogP contribution in [0.3, 0.4) is 0 Å². The zero-order chi connectivity index (χ0) is 12.5. The Kier molecular flexibility index (Phi) is 6.37. The highest BCUT2D eigenvalue weighted by molar-refractivity contribution is 5.55. The molecule has 0 spiro atoms. The lowest BCUT2D eigenvalue weighted by molar-refractivity contribution is 0.223. The van der Waals surface area contributed by atoms with E-state index in [-0.39, 0.29) is 0 Å². The molecule has 17 heavy (non-hydrogen) atoms. The third-order valence-corrected chi connectivity index (χ3v) is 2.50. The summed E-state index contributed by atoms with van der Waals surface area (Å²) in [4.78, 5) is 0. The van der Waals surface area contributed by atoms with Crippen LogP contribution in [0.5, 0.6) is 5.75 Å². The predicted molar refractivity (Wildman–Crippen MR) is 71.1 cm³/mol. The third kappa shape index (κ3) is 5.02. The zero-order valence-corrected chi connectivity index (χ0v) is 10.6. The van der Waals surface area contributed by atoms with Crippen molar-refractivity contribution >= 4 is 6.08 Å². The van der Waals surface area contributed by atoms with Gasteiger partial charge in [0.05, 0.1) is 13.7 Å². The Balaban J connectivity index is 2.79. The predicted octanol–water partition coefficient (Wildman–Crippen LogP) is 2.46. The third-order valence-electron chi connectivity index (χ3n) is 2.50. The molecule has 0 aromatic heterocycles. The van der Waals surface area contributed by atoms with Gasteiger partial charge in [0.1, 0.15) is 5.75 Å². The van der Waals surface area contributed by atoms with Crippen LogP contribution in [0.25, 0.3) is 6.08 Å². The molecule has 0 saturated heterocycles. The highest BCUT2D eigenvalue weighted by Gasteiger charge is 1.99. The molecule has 0 aliphatic heterocycles. The molecule has 0 heterocycles. The van der Waals surface area contributed by atoms with Crippen LogP contribution in [0.4, 0.5) is 0 Å². The summed E-state index contributed by atoms with van der Waals surface area (Å²) in [5.41, 5.74) is 7.91. The Labute approximate surface area is 103 Å². The van der Waals surface area contributed by atoms with Gasteiger partial charge in [0, 0.05) is 7.11 Å². The van der Waals surface area contributed by atoms with Crippen LogP contribution >= 0.6 is 0 Å². The van der Waals surface area contributed by atoms with Crippen LogP contribution in [-0.4, -0.2) is 27.4 Å². The van der Waals surface area contributed by atoms with Gasteiger partial charge < -0.3 is 15.2 Å². The topological polar surface area (TPSA) is 44.5 Å². The van der Waals surface area contributed by atoms with Gasteiger partial charge in [0.25, 0.3) is 0 Å². The number of ether oxygens (including phenoxy) is 2. The minimum Gasteiger partial charge on any atom is -0.497 e. The molecule has 0 bridgehead atoms. The Morgan fingerprint density at radius 1 is 1.35 bits per heavy atom. The first kappa shape index (κ1) is 13.7. The molecular weight excluding hydrogens is 214 g/mol. The standard InChI is InChI=1S/C14H21NO2/c1-16-11-13(6-4-8-15)9-12-5-3-7-14(10-12)17-2/h3,5,7,9-10H,4,6,8,11,15H2,1-2H3/b13-9+. The maximum atomic E-state index is 5.52. The quantitative estimate of drug-likeness (QED) is 0.789. The van der Waals surface area contributed by atoms with Crippen molar-refractivity contribution in [3.05, 3.63) is 35.4 Å². The Bertz CT molecular complexity index is 361. The van der Waals surface area contributed by atoms with E-state index >= 15 is 0 Å². The van der Waals surface area contributed by atoms with Gasteiger partial charge in [-0.3, -0.25) is 0 Å². The summed E-state index contributed by atoms with van der Waals surface area (Å²) in [6, 6.07) is 7.99. The lowest BCUT2D eigenvalue weighted by Gasteiger charge is -2.07. The van der Waals surface area contributed by atoms with E-state index in [1.54, 1.807) is 14.2 Å². The van der Waals surface area contributed by atoms with Crippen LogP contribution in [0.2, 0.25) is 0 Å². The van der Waals surface area contributed by atoms with E-state index in [0.29, 0.717) is 13.2 Å². The number of methoxy groups -OCH3 is 2. The van der Waals surface area contributed by atoms with Crippen molar-refractivity contribution in [1.82, 2.24) is 0 Å². The van der Waals surface area contributed by atoms with Crippen LogP contribution < -0.4 is 10.5 Å². The molecule has 0 aliphatic rings. The molecule has 2 N–H and O–H groups in total. The van der Waals surface area contributed by atoms with Crippen molar-refractivity contribution in [2.75, 3.05) is 27.4 Å². The Morgan fingerprint density at radius 3 is 2.82 bits per heavy atom. The molecule has 0 fully saturated rings. The summed E-state index contributed by atoms with van der Waals surface area (Å²) in [7, 11) is 3.38. The molecule has 0 saturated carbocycles. The summed E-state index contributed by atoms with van der Waals surface area (Å²) >= 11 is 0. The van der Waals surface area contributed by atoms with Gasteiger partial charge in [-0.1, -0.05) is 18.2 Å². The highest BCUT2D eigenvalue weighted by atomic mass is 16.5. The van der Waals surface area contributed by atoms with Gasteiger partial charge in [0.15, 0.2) is 0 Å². The molecule has 1 aromatic carbocycles. The smallest absolute Gasteiger partial charge is 0.119 e. The second kappa shape index (κ2) is 7.87. The average Bonchev–Trinajstić information content (AvgIpc) is 2.36. The fourth-order valence-corrected chi connectivity index (χ4v) is 1.67. The van der Waals surface area contributed by atoms with Crippen LogP contribution in [0.1, 0.15) is 18.4 Å². The first-order chi connectivity index (χ1) is 8.30. The van der Waals surface area contributed by atoms with Crippen molar-refractivity contribution in [3.8, 4) is 5.75 Å². The monoisotopic (exact) mass is 235 g/mol. The molecule has 1 rings (SSSR count). The molecule has 0 radical (unpaired) electrons. The summed E-state index contributed by atoms with van der Waals surface area (Å²) in [6.07, 6.45) is 4.10. The molecule has 1 aromatic rings. The van der Waals surface area contributed by atoms with E-state index in [1.165, 1.54) is 5.57 Å². The molecule has 0 unspecified atom stereocenters. The number of hydrogen-bond donors (Lipinski definition) is 1. The number of rotatable bonds is 7. The van der Waals surface area contributed by atoms with Crippen molar-refractivity contribution in [2.24, 2.45) is 5.73 Å². The highest BCUT2D eigenvalue weighted by Crippen LogP contribution is 2.17. The molecule has 0 amide bonds. The molecule has 3 nitrogen and oxygen atoms in total. The van der Waals surface area contributed by atoms with Gasteiger partial charge in [-0.2, -0.15) is 0 Å². The molecule has 0 atom stereocenters.